The molecular formula is C18H30N2O. The highest BCUT2D eigenvalue weighted by atomic mass is 16.5. The Morgan fingerprint density at radius 1 is 1.33 bits per heavy atom. The van der Waals surface area contributed by atoms with Crippen molar-refractivity contribution in [2.45, 2.75) is 58.5 Å². The molecule has 0 heterocycles. The number of ether oxygens (including phenoxy) is 1. The molecule has 1 aliphatic carbocycles. The molecule has 1 N–H and O–H groups in total. The quantitative estimate of drug-likeness (QED) is 0.740. The zero-order valence-electron chi connectivity index (χ0n) is 14.0. The molecule has 118 valence electrons. The molecule has 2 rings (SSSR count). The minimum atomic E-state index is 0.309. The van der Waals surface area contributed by atoms with Crippen LogP contribution in [-0.2, 0) is 0 Å². The molecule has 0 aromatic heterocycles. The van der Waals surface area contributed by atoms with Crippen molar-refractivity contribution >= 4 is 5.69 Å². The zero-order chi connectivity index (χ0) is 15.2. The number of methoxy groups -OCH3 is 1. The van der Waals surface area contributed by atoms with Gasteiger partial charge < -0.3 is 15.0 Å². The van der Waals surface area contributed by atoms with Gasteiger partial charge in [-0.2, -0.15) is 0 Å². The first-order valence-corrected chi connectivity index (χ1v) is 8.39. The fraction of sp³-hybridized carbons (Fsp3) is 0.667. The normalized spacial score (nSPS) is 15.8. The van der Waals surface area contributed by atoms with Crippen molar-refractivity contribution in [3.8, 4) is 5.75 Å². The lowest BCUT2D eigenvalue weighted by atomic mass is 10.0. The summed E-state index contributed by atoms with van der Waals surface area (Å²) in [5.41, 5.74) is 2.67. The van der Waals surface area contributed by atoms with Gasteiger partial charge >= 0.3 is 0 Å². The Kier molecular flexibility index (Phi) is 5.92. The maximum Gasteiger partial charge on any atom is 0.125 e. The van der Waals surface area contributed by atoms with Gasteiger partial charge in [0.05, 0.1) is 7.11 Å². The van der Waals surface area contributed by atoms with Crippen molar-refractivity contribution in [1.29, 1.82) is 0 Å². The molecule has 0 spiro atoms. The predicted molar refractivity (Wildman–Crippen MR) is 90.4 cm³/mol. The van der Waals surface area contributed by atoms with Crippen LogP contribution in [0.2, 0.25) is 0 Å². The average molecular weight is 290 g/mol. The number of rotatable bonds is 9. The summed E-state index contributed by atoms with van der Waals surface area (Å²) in [6.07, 6.45) is 5.15. The molecule has 1 aromatic carbocycles. The molecular weight excluding hydrogens is 260 g/mol. The molecule has 0 saturated heterocycles. The monoisotopic (exact) mass is 290 g/mol. The first kappa shape index (κ1) is 16.2. The van der Waals surface area contributed by atoms with Gasteiger partial charge in [-0.15, -0.1) is 0 Å². The van der Waals surface area contributed by atoms with Crippen LogP contribution >= 0.6 is 0 Å². The summed E-state index contributed by atoms with van der Waals surface area (Å²) in [5.74, 6) is 1.00. The fourth-order valence-corrected chi connectivity index (χ4v) is 3.02. The SMILES string of the molecule is CCCCN(c1cccc(OC)c1C(C)NCC)C1CC1. The van der Waals surface area contributed by atoms with E-state index in [0.717, 1.165) is 24.9 Å². The first-order chi connectivity index (χ1) is 10.2. The van der Waals surface area contributed by atoms with Crippen molar-refractivity contribution in [3.63, 3.8) is 0 Å². The van der Waals surface area contributed by atoms with Gasteiger partial charge in [0.2, 0.25) is 0 Å². The third-order valence-electron chi connectivity index (χ3n) is 4.26. The molecule has 1 aliphatic rings. The second kappa shape index (κ2) is 7.69. The summed E-state index contributed by atoms with van der Waals surface area (Å²) < 4.78 is 5.64. The van der Waals surface area contributed by atoms with Crippen LogP contribution < -0.4 is 15.0 Å². The fourth-order valence-electron chi connectivity index (χ4n) is 3.02. The molecule has 1 aromatic rings. The number of benzene rings is 1. The van der Waals surface area contributed by atoms with Crippen LogP contribution in [0.5, 0.6) is 5.75 Å². The van der Waals surface area contributed by atoms with E-state index in [1.165, 1.54) is 36.9 Å². The van der Waals surface area contributed by atoms with Crippen LogP contribution in [0.4, 0.5) is 5.69 Å². The molecule has 1 unspecified atom stereocenters. The van der Waals surface area contributed by atoms with E-state index in [4.69, 9.17) is 4.74 Å². The molecule has 0 aliphatic heterocycles. The van der Waals surface area contributed by atoms with E-state index in [0.29, 0.717) is 6.04 Å². The van der Waals surface area contributed by atoms with Gasteiger partial charge in [-0.3, -0.25) is 0 Å². The number of nitrogens with zero attached hydrogens (tertiary/aromatic N) is 1. The summed E-state index contributed by atoms with van der Waals surface area (Å²) in [7, 11) is 1.77. The van der Waals surface area contributed by atoms with Gasteiger partial charge in [0.15, 0.2) is 0 Å². The molecule has 3 heteroatoms. The summed E-state index contributed by atoms with van der Waals surface area (Å²) >= 11 is 0. The highest BCUT2D eigenvalue weighted by molar-refractivity contribution is 5.62. The summed E-state index contributed by atoms with van der Waals surface area (Å²) in [6.45, 7) is 8.77. The van der Waals surface area contributed by atoms with Gasteiger partial charge in [0, 0.05) is 29.9 Å². The van der Waals surface area contributed by atoms with Gasteiger partial charge in [-0.1, -0.05) is 26.3 Å². The lowest BCUT2D eigenvalue weighted by Gasteiger charge is -2.30. The Hall–Kier alpha value is -1.22. The van der Waals surface area contributed by atoms with Crippen LogP contribution in [0, 0.1) is 0 Å². The highest BCUT2D eigenvalue weighted by Gasteiger charge is 2.31. The van der Waals surface area contributed by atoms with Gasteiger partial charge in [0.1, 0.15) is 5.75 Å². The summed E-state index contributed by atoms with van der Waals surface area (Å²) in [4.78, 5) is 2.61. The third kappa shape index (κ3) is 3.91. The molecule has 0 bridgehead atoms. The van der Waals surface area contributed by atoms with Gasteiger partial charge in [-0.25, -0.2) is 0 Å². The van der Waals surface area contributed by atoms with E-state index in [-0.39, 0.29) is 0 Å². The zero-order valence-corrected chi connectivity index (χ0v) is 14.0. The Bertz CT molecular complexity index is 443. The van der Waals surface area contributed by atoms with Crippen molar-refractivity contribution in [2.75, 3.05) is 25.1 Å². The topological polar surface area (TPSA) is 24.5 Å². The van der Waals surface area contributed by atoms with E-state index in [1.807, 2.05) is 0 Å². The van der Waals surface area contributed by atoms with Gasteiger partial charge in [-0.05, 0) is 44.9 Å². The van der Waals surface area contributed by atoms with E-state index in [2.05, 4.69) is 49.2 Å². The molecule has 0 amide bonds. The van der Waals surface area contributed by atoms with Crippen molar-refractivity contribution < 1.29 is 4.74 Å². The number of hydrogen-bond donors (Lipinski definition) is 1. The van der Waals surface area contributed by atoms with E-state index in [9.17, 15) is 0 Å². The van der Waals surface area contributed by atoms with Crippen LogP contribution in [-0.4, -0.2) is 26.2 Å². The van der Waals surface area contributed by atoms with Crippen molar-refractivity contribution in [2.24, 2.45) is 0 Å². The largest absolute Gasteiger partial charge is 0.496 e. The lowest BCUT2D eigenvalue weighted by molar-refractivity contribution is 0.402. The molecule has 1 fully saturated rings. The summed E-state index contributed by atoms with van der Waals surface area (Å²) in [6, 6.07) is 7.51. The minimum Gasteiger partial charge on any atom is -0.496 e. The summed E-state index contributed by atoms with van der Waals surface area (Å²) in [5, 5.41) is 3.54. The lowest BCUT2D eigenvalue weighted by Crippen LogP contribution is -2.30. The standard InChI is InChI=1S/C18H30N2O/c1-5-7-13-20(15-11-12-15)16-9-8-10-17(21-4)18(16)14(3)19-6-2/h8-10,14-15,19H,5-7,11-13H2,1-4H3. The van der Waals surface area contributed by atoms with Crippen LogP contribution in [0.25, 0.3) is 0 Å². The first-order valence-electron chi connectivity index (χ1n) is 8.39. The number of anilines is 1. The maximum atomic E-state index is 5.64. The predicted octanol–water partition coefficient (Wildman–Crippen LogP) is 4.13. The Morgan fingerprint density at radius 3 is 2.67 bits per heavy atom. The Balaban J connectivity index is 2.35. The average Bonchev–Trinajstić information content (AvgIpc) is 3.32. The van der Waals surface area contributed by atoms with E-state index < -0.39 is 0 Å². The second-order valence-corrected chi connectivity index (χ2v) is 5.95. The Labute approximate surface area is 129 Å². The minimum absolute atomic E-state index is 0.309. The molecule has 0 radical (unpaired) electrons. The molecule has 1 atom stereocenters. The van der Waals surface area contributed by atoms with E-state index in [1.54, 1.807) is 7.11 Å². The Morgan fingerprint density at radius 2 is 2.10 bits per heavy atom. The van der Waals surface area contributed by atoms with Crippen molar-refractivity contribution in [1.82, 2.24) is 5.32 Å². The number of nitrogens with one attached hydrogen (secondary N) is 1. The smallest absolute Gasteiger partial charge is 0.125 e. The molecule has 1 saturated carbocycles. The van der Waals surface area contributed by atoms with Crippen molar-refractivity contribution in [3.05, 3.63) is 23.8 Å². The maximum absolute atomic E-state index is 5.64. The number of hydrogen-bond acceptors (Lipinski definition) is 3. The van der Waals surface area contributed by atoms with Crippen LogP contribution in [0.15, 0.2) is 18.2 Å². The highest BCUT2D eigenvalue weighted by Crippen LogP contribution is 2.39. The molecule has 3 nitrogen and oxygen atoms in total. The number of unbranched alkanes of at least 4 members (excludes halogenated alkanes) is 1. The molecule has 21 heavy (non-hydrogen) atoms. The van der Waals surface area contributed by atoms with Crippen LogP contribution in [0.3, 0.4) is 0 Å². The third-order valence-corrected chi connectivity index (χ3v) is 4.26. The van der Waals surface area contributed by atoms with E-state index >= 15 is 0 Å². The second-order valence-electron chi connectivity index (χ2n) is 5.95. The van der Waals surface area contributed by atoms with Crippen LogP contribution in [0.1, 0.15) is 58.1 Å². The van der Waals surface area contributed by atoms with Gasteiger partial charge in [0.25, 0.3) is 0 Å².